The first-order chi connectivity index (χ1) is 8.70. The molecule has 0 radical (unpaired) electrons. The second kappa shape index (κ2) is 7.61. The molecule has 2 heterocycles. The third-order valence-electron chi connectivity index (χ3n) is 1.82. The number of carboxylic acids is 1. The zero-order valence-corrected chi connectivity index (χ0v) is 9.54. The maximum absolute atomic E-state index is 11.1. The Labute approximate surface area is 104 Å². The lowest BCUT2D eigenvalue weighted by atomic mass is 10.3. The van der Waals surface area contributed by atoms with Gasteiger partial charge in [-0.05, 0) is 24.3 Å². The van der Waals surface area contributed by atoms with Gasteiger partial charge in [-0.3, -0.25) is 14.6 Å². The number of carbonyl (C=O) groups is 2. The lowest BCUT2D eigenvalue weighted by molar-refractivity contribution is -0.135. The number of rotatable bonds is 3. The Morgan fingerprint density at radius 3 is 2.44 bits per heavy atom. The minimum absolute atomic E-state index is 0.351. The molecule has 2 rings (SSSR count). The van der Waals surface area contributed by atoms with Gasteiger partial charge in [-0.25, -0.2) is 0 Å². The van der Waals surface area contributed by atoms with Crippen LogP contribution in [0.1, 0.15) is 10.4 Å². The van der Waals surface area contributed by atoms with Crippen molar-refractivity contribution in [3.05, 3.63) is 54.6 Å². The van der Waals surface area contributed by atoms with Crippen LogP contribution in [0.4, 0.5) is 0 Å². The van der Waals surface area contributed by atoms with Crippen LogP contribution in [0, 0.1) is 0 Å². The van der Waals surface area contributed by atoms with Gasteiger partial charge < -0.3 is 15.4 Å². The zero-order valence-electron chi connectivity index (χ0n) is 9.54. The van der Waals surface area contributed by atoms with E-state index >= 15 is 0 Å². The number of hydrogen-bond donors (Lipinski definition) is 3. The molecule has 94 valence electrons. The molecule has 0 saturated heterocycles. The predicted molar refractivity (Wildman–Crippen MR) is 65.0 cm³/mol. The van der Waals surface area contributed by atoms with Gasteiger partial charge in [0, 0.05) is 24.8 Å². The minimum Gasteiger partial charge on any atom is -0.480 e. The van der Waals surface area contributed by atoms with Crippen LogP contribution >= 0.6 is 0 Å². The molecule has 6 heteroatoms. The van der Waals surface area contributed by atoms with Crippen molar-refractivity contribution in [1.82, 2.24) is 15.3 Å². The molecule has 2 aromatic rings. The average Bonchev–Trinajstić information content (AvgIpc) is 2.96. The van der Waals surface area contributed by atoms with E-state index in [-0.39, 0.29) is 6.54 Å². The molecule has 3 N–H and O–H groups in total. The van der Waals surface area contributed by atoms with Gasteiger partial charge in [0.1, 0.15) is 6.54 Å². The minimum atomic E-state index is -1.07. The number of nitrogens with one attached hydrogen (secondary N) is 2. The van der Waals surface area contributed by atoms with Gasteiger partial charge in [0.15, 0.2) is 0 Å². The fourth-order valence-electron chi connectivity index (χ4n) is 1.03. The first-order valence-corrected chi connectivity index (χ1v) is 5.18. The topological polar surface area (TPSA) is 95.1 Å². The molecule has 6 nitrogen and oxygen atoms in total. The third kappa shape index (κ3) is 5.45. The number of H-pyrrole nitrogens is 1. The lowest BCUT2D eigenvalue weighted by Crippen LogP contribution is -2.29. The number of nitrogens with zero attached hydrogens (tertiary/aromatic N) is 1. The van der Waals surface area contributed by atoms with Crippen LogP contribution in [-0.2, 0) is 4.79 Å². The summed E-state index contributed by atoms with van der Waals surface area (Å²) >= 11 is 0. The molecule has 0 aromatic carbocycles. The van der Waals surface area contributed by atoms with Gasteiger partial charge >= 0.3 is 5.97 Å². The number of carbonyl (C=O) groups excluding carboxylic acids is 1. The van der Waals surface area contributed by atoms with Crippen molar-refractivity contribution in [2.75, 3.05) is 6.54 Å². The molecule has 0 saturated carbocycles. The first kappa shape index (κ1) is 13.4. The van der Waals surface area contributed by atoms with E-state index in [4.69, 9.17) is 5.11 Å². The van der Waals surface area contributed by atoms with E-state index in [2.05, 4.69) is 15.3 Å². The van der Waals surface area contributed by atoms with Crippen LogP contribution < -0.4 is 5.32 Å². The van der Waals surface area contributed by atoms with Gasteiger partial charge in [-0.2, -0.15) is 0 Å². The average molecular weight is 247 g/mol. The van der Waals surface area contributed by atoms with Crippen LogP contribution in [0.25, 0.3) is 0 Å². The Balaban J connectivity index is 0.000000269. The quantitative estimate of drug-likeness (QED) is 0.751. The van der Waals surface area contributed by atoms with Gasteiger partial charge in [0.05, 0.1) is 5.56 Å². The summed E-state index contributed by atoms with van der Waals surface area (Å²) in [5, 5.41) is 10.5. The van der Waals surface area contributed by atoms with Gasteiger partial charge in [0.25, 0.3) is 5.91 Å². The van der Waals surface area contributed by atoms with Crippen LogP contribution in [0.5, 0.6) is 0 Å². The van der Waals surface area contributed by atoms with Crippen molar-refractivity contribution in [3.8, 4) is 0 Å². The van der Waals surface area contributed by atoms with Crippen molar-refractivity contribution < 1.29 is 14.7 Å². The Morgan fingerprint density at radius 1 is 1.28 bits per heavy atom. The molecule has 0 unspecified atom stereocenters. The lowest BCUT2D eigenvalue weighted by Gasteiger charge is -2.00. The highest BCUT2D eigenvalue weighted by Crippen LogP contribution is 1.93. The predicted octanol–water partition coefficient (Wildman–Crippen LogP) is 0.911. The van der Waals surface area contributed by atoms with Crippen LogP contribution in [0.3, 0.4) is 0 Å². The largest absolute Gasteiger partial charge is 0.480 e. The molecular formula is C12H13N3O3. The van der Waals surface area contributed by atoms with Gasteiger partial charge in [-0.1, -0.05) is 0 Å². The number of pyridine rings is 1. The molecule has 0 aliphatic carbocycles. The number of aliphatic carboxylic acids is 1. The number of hydrogen-bond acceptors (Lipinski definition) is 3. The van der Waals surface area contributed by atoms with E-state index in [9.17, 15) is 9.59 Å². The summed E-state index contributed by atoms with van der Waals surface area (Å²) in [6.45, 7) is -0.381. The second-order valence-corrected chi connectivity index (χ2v) is 3.20. The molecule has 1 amide bonds. The summed E-state index contributed by atoms with van der Waals surface area (Å²) in [5.74, 6) is -1.51. The Morgan fingerprint density at radius 2 is 2.00 bits per heavy atom. The summed E-state index contributed by atoms with van der Waals surface area (Å²) < 4.78 is 0. The first-order valence-electron chi connectivity index (χ1n) is 5.18. The number of carboxylic acid groups (broad SMARTS) is 1. The van der Waals surface area contributed by atoms with Gasteiger partial charge in [0.2, 0.25) is 0 Å². The number of amides is 1. The molecule has 2 aromatic heterocycles. The molecule has 0 atom stereocenters. The van der Waals surface area contributed by atoms with E-state index in [1.807, 2.05) is 24.5 Å². The van der Waals surface area contributed by atoms with E-state index in [0.717, 1.165) is 0 Å². The highest BCUT2D eigenvalue weighted by molar-refractivity contribution is 5.95. The second-order valence-electron chi connectivity index (χ2n) is 3.20. The molecule has 0 fully saturated rings. The third-order valence-corrected chi connectivity index (χ3v) is 1.82. The van der Waals surface area contributed by atoms with Crippen LogP contribution in [0.2, 0.25) is 0 Å². The van der Waals surface area contributed by atoms with Crippen molar-refractivity contribution in [2.45, 2.75) is 0 Å². The molecule has 0 aliphatic heterocycles. The summed E-state index contributed by atoms with van der Waals surface area (Å²) in [4.78, 5) is 27.8. The summed E-state index contributed by atoms with van der Waals surface area (Å²) in [5.41, 5.74) is 0.351. The van der Waals surface area contributed by atoms with E-state index in [0.29, 0.717) is 5.56 Å². The Hall–Kier alpha value is -2.63. The maximum atomic E-state index is 11.1. The fourth-order valence-corrected chi connectivity index (χ4v) is 1.03. The molecule has 0 bridgehead atoms. The molecule has 18 heavy (non-hydrogen) atoms. The maximum Gasteiger partial charge on any atom is 0.322 e. The molecule has 0 spiro atoms. The van der Waals surface area contributed by atoms with E-state index < -0.39 is 11.9 Å². The SMILES string of the molecule is O=C(O)CNC(=O)c1cccnc1.c1cc[nH]c1. The van der Waals surface area contributed by atoms with Gasteiger partial charge in [-0.15, -0.1) is 0 Å². The van der Waals surface area contributed by atoms with Crippen molar-refractivity contribution in [3.63, 3.8) is 0 Å². The smallest absolute Gasteiger partial charge is 0.322 e. The van der Waals surface area contributed by atoms with E-state index in [1.54, 1.807) is 12.1 Å². The van der Waals surface area contributed by atoms with E-state index in [1.165, 1.54) is 12.4 Å². The summed E-state index contributed by atoms with van der Waals surface area (Å²) in [6, 6.07) is 7.06. The van der Waals surface area contributed by atoms with Crippen molar-refractivity contribution in [2.24, 2.45) is 0 Å². The fraction of sp³-hybridized carbons (Fsp3) is 0.0833. The zero-order chi connectivity index (χ0) is 13.2. The standard InChI is InChI=1S/C8H8N2O3.C4H5N/c11-7(12)5-10-8(13)6-2-1-3-9-4-6;1-2-4-5-3-1/h1-4H,5H2,(H,10,13)(H,11,12);1-5H. The monoisotopic (exact) mass is 247 g/mol. The van der Waals surface area contributed by atoms with Crippen molar-refractivity contribution >= 4 is 11.9 Å². The number of aromatic nitrogens is 2. The number of aromatic amines is 1. The molecule has 0 aliphatic rings. The highest BCUT2D eigenvalue weighted by Gasteiger charge is 2.05. The van der Waals surface area contributed by atoms with Crippen LogP contribution in [0.15, 0.2) is 49.1 Å². The van der Waals surface area contributed by atoms with Crippen molar-refractivity contribution in [1.29, 1.82) is 0 Å². The highest BCUT2D eigenvalue weighted by atomic mass is 16.4. The normalized spacial score (nSPS) is 8.89. The molecular weight excluding hydrogens is 234 g/mol. The Bertz CT molecular complexity index is 451. The summed E-state index contributed by atoms with van der Waals surface area (Å²) in [6.07, 6.45) is 6.66. The Kier molecular flexibility index (Phi) is 5.68. The van der Waals surface area contributed by atoms with Crippen LogP contribution in [-0.4, -0.2) is 33.5 Å². The summed E-state index contributed by atoms with van der Waals surface area (Å²) in [7, 11) is 0.